The zero-order valence-corrected chi connectivity index (χ0v) is 13.1. The molecule has 4 rings (SSSR count). The molecule has 5 nitrogen and oxygen atoms in total. The van der Waals surface area contributed by atoms with E-state index in [2.05, 4.69) is 15.0 Å². The highest BCUT2D eigenvalue weighted by Gasteiger charge is 2.14. The zero-order chi connectivity index (χ0) is 17.4. The van der Waals surface area contributed by atoms with E-state index in [0.717, 1.165) is 6.07 Å². The van der Waals surface area contributed by atoms with Crippen molar-refractivity contribution in [3.8, 4) is 22.8 Å². The Morgan fingerprint density at radius 1 is 1.00 bits per heavy atom. The lowest BCUT2D eigenvalue weighted by atomic mass is 10.1. The Kier molecular flexibility index (Phi) is 3.61. The highest BCUT2D eigenvalue weighted by atomic mass is 19.1. The van der Waals surface area contributed by atoms with Crippen LogP contribution in [0.15, 0.2) is 54.9 Å². The van der Waals surface area contributed by atoms with Crippen LogP contribution in [0.1, 0.15) is 5.69 Å². The number of hydrogen-bond donors (Lipinski definition) is 0. The molecule has 0 aliphatic carbocycles. The van der Waals surface area contributed by atoms with Gasteiger partial charge in [-0.3, -0.25) is 4.40 Å². The lowest BCUT2D eigenvalue weighted by Crippen LogP contribution is -1.96. The first-order valence-corrected chi connectivity index (χ1v) is 7.52. The van der Waals surface area contributed by atoms with Crippen molar-refractivity contribution in [2.24, 2.45) is 0 Å². The van der Waals surface area contributed by atoms with Crippen LogP contribution < -0.4 is 4.74 Å². The first kappa shape index (κ1) is 15.2. The number of aryl methyl sites for hydroxylation is 1. The molecule has 0 fully saturated rings. The van der Waals surface area contributed by atoms with Gasteiger partial charge in [0.2, 0.25) is 23.6 Å². The zero-order valence-electron chi connectivity index (χ0n) is 13.1. The first-order chi connectivity index (χ1) is 12.1. The van der Waals surface area contributed by atoms with Crippen LogP contribution in [0, 0.1) is 18.8 Å². The van der Waals surface area contributed by atoms with Gasteiger partial charge in [-0.2, -0.15) is 18.7 Å². The van der Waals surface area contributed by atoms with E-state index < -0.39 is 11.9 Å². The van der Waals surface area contributed by atoms with Crippen LogP contribution in [0.2, 0.25) is 0 Å². The van der Waals surface area contributed by atoms with E-state index >= 15 is 0 Å². The average molecular weight is 338 g/mol. The number of benzene rings is 1. The van der Waals surface area contributed by atoms with Crippen molar-refractivity contribution < 1.29 is 13.5 Å². The second-order valence-electron chi connectivity index (χ2n) is 5.40. The molecule has 0 saturated heterocycles. The third-order valence-corrected chi connectivity index (χ3v) is 3.76. The summed E-state index contributed by atoms with van der Waals surface area (Å²) in [7, 11) is 0. The molecule has 25 heavy (non-hydrogen) atoms. The lowest BCUT2D eigenvalue weighted by Gasteiger charge is -2.04. The van der Waals surface area contributed by atoms with Crippen LogP contribution in [0.5, 0.6) is 11.6 Å². The van der Waals surface area contributed by atoms with Crippen molar-refractivity contribution in [1.29, 1.82) is 0 Å². The summed E-state index contributed by atoms with van der Waals surface area (Å²) in [6.07, 6.45) is 3.13. The Morgan fingerprint density at radius 3 is 2.56 bits per heavy atom. The molecule has 0 atom stereocenters. The maximum atomic E-state index is 13.9. The predicted octanol–water partition coefficient (Wildman–Crippen LogP) is 4.17. The van der Waals surface area contributed by atoms with Crippen molar-refractivity contribution in [3.05, 3.63) is 72.4 Å². The molecular weight excluding hydrogens is 326 g/mol. The number of para-hydroxylation sites is 1. The Morgan fingerprint density at radius 2 is 1.80 bits per heavy atom. The molecule has 0 spiro atoms. The predicted molar refractivity (Wildman–Crippen MR) is 87.4 cm³/mol. The fourth-order valence-electron chi connectivity index (χ4n) is 2.49. The minimum Gasteiger partial charge on any atom is -0.437 e. The van der Waals surface area contributed by atoms with Gasteiger partial charge in [0.15, 0.2) is 0 Å². The number of aromatic nitrogens is 4. The van der Waals surface area contributed by atoms with Gasteiger partial charge < -0.3 is 4.74 Å². The van der Waals surface area contributed by atoms with Gasteiger partial charge in [0, 0.05) is 23.5 Å². The highest BCUT2D eigenvalue weighted by Crippen LogP contribution is 2.27. The summed E-state index contributed by atoms with van der Waals surface area (Å²) in [5.74, 6) is -0.272. The topological polar surface area (TPSA) is 52.3 Å². The Balaban J connectivity index is 1.77. The molecule has 0 N–H and O–H groups in total. The third kappa shape index (κ3) is 2.80. The third-order valence-electron chi connectivity index (χ3n) is 3.76. The van der Waals surface area contributed by atoms with E-state index in [-0.39, 0.29) is 5.56 Å². The van der Waals surface area contributed by atoms with Gasteiger partial charge in [-0.15, -0.1) is 0 Å². The largest absolute Gasteiger partial charge is 0.437 e. The van der Waals surface area contributed by atoms with E-state index in [0.29, 0.717) is 28.7 Å². The van der Waals surface area contributed by atoms with Gasteiger partial charge in [-0.1, -0.05) is 18.2 Å². The lowest BCUT2D eigenvalue weighted by molar-refractivity contribution is 0.462. The normalized spacial score (nSPS) is 11.0. The maximum Gasteiger partial charge on any atom is 0.242 e. The molecule has 3 aromatic heterocycles. The van der Waals surface area contributed by atoms with Crippen LogP contribution in [-0.2, 0) is 0 Å². The van der Waals surface area contributed by atoms with Crippen LogP contribution in [0.4, 0.5) is 8.78 Å². The number of ether oxygens (including phenoxy) is 1. The van der Waals surface area contributed by atoms with E-state index in [1.807, 2.05) is 37.3 Å². The van der Waals surface area contributed by atoms with Gasteiger partial charge >= 0.3 is 0 Å². The molecule has 1 aromatic carbocycles. The summed E-state index contributed by atoms with van der Waals surface area (Å²) in [6.45, 7) is 1.82. The minimum absolute atomic E-state index is 0.162. The molecule has 3 heterocycles. The number of hydrogen-bond acceptors (Lipinski definition) is 4. The highest BCUT2D eigenvalue weighted by molar-refractivity contribution is 5.62. The molecule has 0 bridgehead atoms. The van der Waals surface area contributed by atoms with Crippen molar-refractivity contribution in [2.45, 2.75) is 6.92 Å². The van der Waals surface area contributed by atoms with Crippen molar-refractivity contribution in [2.75, 3.05) is 0 Å². The van der Waals surface area contributed by atoms with Crippen molar-refractivity contribution in [1.82, 2.24) is 19.4 Å². The number of fused-ring (bicyclic) bond motifs is 1. The van der Waals surface area contributed by atoms with Crippen LogP contribution in [0.25, 0.3) is 16.9 Å². The van der Waals surface area contributed by atoms with E-state index in [1.165, 1.54) is 12.3 Å². The summed E-state index contributed by atoms with van der Waals surface area (Å²) in [4.78, 5) is 11.8. The molecule has 0 unspecified atom stereocenters. The standard InChI is InChI=1S/C18H12F2N4O/c1-11-17(25-13-5-3-2-4-6-13)23-18-21-9-12(10-24(11)18)14-7-8-15(19)22-16(14)20/h2-10H,1H3. The van der Waals surface area contributed by atoms with Crippen molar-refractivity contribution in [3.63, 3.8) is 0 Å². The number of rotatable bonds is 3. The van der Waals surface area contributed by atoms with Crippen LogP contribution >= 0.6 is 0 Å². The molecule has 0 saturated carbocycles. The van der Waals surface area contributed by atoms with Gasteiger partial charge in [0.1, 0.15) is 5.75 Å². The van der Waals surface area contributed by atoms with Gasteiger partial charge in [-0.05, 0) is 31.2 Å². The molecule has 0 aliphatic heterocycles. The summed E-state index contributed by atoms with van der Waals surface area (Å²) in [5.41, 5.74) is 1.34. The average Bonchev–Trinajstić information content (AvgIpc) is 2.91. The molecular formula is C18H12F2N4O. The van der Waals surface area contributed by atoms with Gasteiger partial charge in [0.05, 0.1) is 5.69 Å². The number of nitrogens with zero attached hydrogens (tertiary/aromatic N) is 4. The Bertz CT molecular complexity index is 1060. The summed E-state index contributed by atoms with van der Waals surface area (Å²) < 4.78 is 34.4. The smallest absolute Gasteiger partial charge is 0.242 e. The maximum absolute atomic E-state index is 13.9. The van der Waals surface area contributed by atoms with Crippen molar-refractivity contribution >= 4 is 5.78 Å². The van der Waals surface area contributed by atoms with E-state index in [4.69, 9.17) is 4.74 Å². The second-order valence-corrected chi connectivity index (χ2v) is 5.40. The second kappa shape index (κ2) is 5.94. The quantitative estimate of drug-likeness (QED) is 0.526. The first-order valence-electron chi connectivity index (χ1n) is 7.52. The van der Waals surface area contributed by atoms with E-state index in [9.17, 15) is 8.78 Å². The monoisotopic (exact) mass is 338 g/mol. The van der Waals surface area contributed by atoms with E-state index in [1.54, 1.807) is 10.6 Å². The molecule has 4 aromatic rings. The Labute approximate surface area is 141 Å². The molecule has 7 heteroatoms. The van der Waals surface area contributed by atoms with Crippen LogP contribution in [0.3, 0.4) is 0 Å². The number of pyridine rings is 1. The minimum atomic E-state index is -0.889. The van der Waals surface area contributed by atoms with Gasteiger partial charge in [-0.25, -0.2) is 4.98 Å². The molecule has 0 radical (unpaired) electrons. The molecule has 0 aliphatic rings. The summed E-state index contributed by atoms with van der Waals surface area (Å²) >= 11 is 0. The number of halogens is 2. The molecule has 0 amide bonds. The fraction of sp³-hybridized carbons (Fsp3) is 0.0556. The number of imidazole rings is 1. The Hall–Kier alpha value is -3.35. The molecule has 124 valence electrons. The van der Waals surface area contributed by atoms with Crippen LogP contribution in [-0.4, -0.2) is 19.4 Å². The fourth-order valence-corrected chi connectivity index (χ4v) is 2.49. The summed E-state index contributed by atoms with van der Waals surface area (Å²) in [6, 6.07) is 11.7. The van der Waals surface area contributed by atoms with Gasteiger partial charge in [0.25, 0.3) is 0 Å². The SMILES string of the molecule is Cc1c(Oc2ccccc2)nc2ncc(-c3ccc(F)nc3F)cn12. The summed E-state index contributed by atoms with van der Waals surface area (Å²) in [5, 5.41) is 0.